The number of amides is 1. The van der Waals surface area contributed by atoms with Gasteiger partial charge in [0.25, 0.3) is 5.91 Å². The number of halogens is 2. The molecule has 1 rings (SSSR count). The topological polar surface area (TPSA) is 38.3 Å². The highest BCUT2D eigenvalue weighted by Gasteiger charge is 2.14. The van der Waals surface area contributed by atoms with Gasteiger partial charge in [-0.3, -0.25) is 4.79 Å². The molecule has 5 heteroatoms. The fraction of sp³-hybridized carbons (Fsp3) is 0.300. The predicted molar refractivity (Wildman–Crippen MR) is 58.9 cm³/mol. The zero-order chi connectivity index (χ0) is 11.4. The summed E-state index contributed by atoms with van der Waals surface area (Å²) in [4.78, 5) is 11.4. The predicted octanol–water partition coefficient (Wildman–Crippen LogP) is 2.42. The minimum Gasteiger partial charge on any atom is -0.461 e. The van der Waals surface area contributed by atoms with Gasteiger partial charge in [0.15, 0.2) is 0 Å². The minimum atomic E-state index is -0.920. The van der Waals surface area contributed by atoms with Crippen molar-refractivity contribution in [3.63, 3.8) is 0 Å². The van der Waals surface area contributed by atoms with Gasteiger partial charge in [0.1, 0.15) is 5.75 Å². The Bertz CT molecular complexity index is 382. The van der Waals surface area contributed by atoms with Gasteiger partial charge in [0.2, 0.25) is 6.86 Å². The Kier molecular flexibility index (Phi) is 4.08. The van der Waals surface area contributed by atoms with Gasteiger partial charge < -0.3 is 10.1 Å². The van der Waals surface area contributed by atoms with Crippen LogP contribution in [0.5, 0.6) is 5.75 Å². The van der Waals surface area contributed by atoms with Crippen molar-refractivity contribution >= 4 is 21.8 Å². The lowest BCUT2D eigenvalue weighted by atomic mass is 10.1. The number of carbonyl (C=O) groups is 1. The minimum absolute atomic E-state index is 0.245. The van der Waals surface area contributed by atoms with E-state index in [2.05, 4.69) is 21.2 Å². The zero-order valence-electron chi connectivity index (χ0n) is 8.43. The SMILES string of the molecule is CNC(=O)c1ccc(C)c(OCF)c1Br. The summed E-state index contributed by atoms with van der Waals surface area (Å²) in [7, 11) is 1.53. The summed E-state index contributed by atoms with van der Waals surface area (Å²) < 4.78 is 17.4. The maximum absolute atomic E-state index is 12.1. The first kappa shape index (κ1) is 12.0. The van der Waals surface area contributed by atoms with Crippen molar-refractivity contribution in [1.82, 2.24) is 5.32 Å². The highest BCUT2D eigenvalue weighted by atomic mass is 79.9. The van der Waals surface area contributed by atoms with Crippen molar-refractivity contribution < 1.29 is 13.9 Å². The van der Waals surface area contributed by atoms with Crippen molar-refractivity contribution in [2.45, 2.75) is 6.92 Å². The number of nitrogens with one attached hydrogen (secondary N) is 1. The van der Waals surface area contributed by atoms with Gasteiger partial charge in [0, 0.05) is 7.05 Å². The van der Waals surface area contributed by atoms with Crippen molar-refractivity contribution in [3.05, 3.63) is 27.7 Å². The van der Waals surface area contributed by atoms with E-state index in [1.807, 2.05) is 0 Å². The van der Waals surface area contributed by atoms with E-state index in [4.69, 9.17) is 4.74 Å². The van der Waals surface area contributed by atoms with Crippen LogP contribution in [0.2, 0.25) is 0 Å². The monoisotopic (exact) mass is 275 g/mol. The lowest BCUT2D eigenvalue weighted by molar-refractivity contribution is 0.0961. The van der Waals surface area contributed by atoms with E-state index in [1.165, 1.54) is 7.05 Å². The molecule has 0 bridgehead atoms. The van der Waals surface area contributed by atoms with Crippen LogP contribution in [0.3, 0.4) is 0 Å². The molecule has 15 heavy (non-hydrogen) atoms. The Morgan fingerprint density at radius 1 is 1.60 bits per heavy atom. The van der Waals surface area contributed by atoms with Gasteiger partial charge in [-0.15, -0.1) is 0 Å². The van der Waals surface area contributed by atoms with Gasteiger partial charge in [-0.1, -0.05) is 6.07 Å². The normalized spacial score (nSPS) is 9.87. The first-order chi connectivity index (χ1) is 7.11. The number of aryl methyl sites for hydroxylation is 1. The molecule has 0 aliphatic heterocycles. The van der Waals surface area contributed by atoms with Gasteiger partial charge in [-0.2, -0.15) is 0 Å². The van der Waals surface area contributed by atoms with Crippen molar-refractivity contribution in [1.29, 1.82) is 0 Å². The summed E-state index contributed by atoms with van der Waals surface area (Å²) in [6.07, 6.45) is 0. The zero-order valence-corrected chi connectivity index (χ0v) is 10.0. The lowest BCUT2D eigenvalue weighted by Gasteiger charge is -2.11. The van der Waals surface area contributed by atoms with Crippen LogP contribution in [0.25, 0.3) is 0 Å². The number of carbonyl (C=O) groups excluding carboxylic acids is 1. The second-order valence-corrected chi connectivity index (χ2v) is 3.70. The molecule has 1 N–H and O–H groups in total. The molecule has 82 valence electrons. The fourth-order valence-corrected chi connectivity index (χ4v) is 1.93. The number of benzene rings is 1. The molecular weight excluding hydrogens is 265 g/mol. The highest BCUT2D eigenvalue weighted by molar-refractivity contribution is 9.10. The Labute approximate surface area is 95.7 Å². The molecule has 0 aliphatic rings. The summed E-state index contributed by atoms with van der Waals surface area (Å²) in [5, 5.41) is 2.49. The maximum Gasteiger partial charge on any atom is 0.252 e. The van der Waals surface area contributed by atoms with Gasteiger partial charge in [-0.05, 0) is 34.5 Å². The largest absolute Gasteiger partial charge is 0.461 e. The number of rotatable bonds is 3. The summed E-state index contributed by atoms with van der Waals surface area (Å²) in [5.41, 5.74) is 1.19. The van der Waals surface area contributed by atoms with E-state index >= 15 is 0 Å². The standard InChI is InChI=1S/C10H11BrFNO2/c1-6-3-4-7(10(14)13-2)8(11)9(6)15-5-12/h3-4H,5H2,1-2H3,(H,13,14). The van der Waals surface area contributed by atoms with Crippen LogP contribution in [0.4, 0.5) is 4.39 Å². The first-order valence-electron chi connectivity index (χ1n) is 4.31. The summed E-state index contributed by atoms with van der Waals surface area (Å²) in [6.45, 7) is 0.861. The summed E-state index contributed by atoms with van der Waals surface area (Å²) in [6, 6.07) is 3.36. The van der Waals surface area contributed by atoms with Crippen molar-refractivity contribution in [2.75, 3.05) is 13.9 Å². The molecule has 0 saturated heterocycles. The smallest absolute Gasteiger partial charge is 0.252 e. The fourth-order valence-electron chi connectivity index (χ4n) is 1.19. The molecule has 1 aromatic rings. The number of ether oxygens (including phenoxy) is 1. The lowest BCUT2D eigenvalue weighted by Crippen LogP contribution is -2.18. The molecule has 0 saturated carbocycles. The van der Waals surface area contributed by atoms with Crippen LogP contribution >= 0.6 is 15.9 Å². The molecule has 0 unspecified atom stereocenters. The first-order valence-corrected chi connectivity index (χ1v) is 5.11. The Balaban J connectivity index is 3.21. The maximum atomic E-state index is 12.1. The van der Waals surface area contributed by atoms with Crippen LogP contribution in [0.1, 0.15) is 15.9 Å². The van der Waals surface area contributed by atoms with E-state index in [1.54, 1.807) is 19.1 Å². The molecule has 0 fully saturated rings. The molecule has 1 amide bonds. The van der Waals surface area contributed by atoms with Crippen LogP contribution in [-0.2, 0) is 0 Å². The molecule has 0 aliphatic carbocycles. The average Bonchev–Trinajstić information content (AvgIpc) is 2.23. The average molecular weight is 276 g/mol. The van der Waals surface area contributed by atoms with Crippen LogP contribution in [-0.4, -0.2) is 19.8 Å². The third-order valence-corrected chi connectivity index (χ3v) is 2.75. The molecule has 0 spiro atoms. The third-order valence-electron chi connectivity index (χ3n) is 1.96. The van der Waals surface area contributed by atoms with Gasteiger partial charge in [0.05, 0.1) is 10.0 Å². The number of hydrogen-bond acceptors (Lipinski definition) is 2. The second-order valence-electron chi connectivity index (χ2n) is 2.91. The van der Waals surface area contributed by atoms with Crippen LogP contribution < -0.4 is 10.1 Å². The number of alkyl halides is 1. The summed E-state index contributed by atoms with van der Waals surface area (Å²) in [5.74, 6) is 0.115. The van der Waals surface area contributed by atoms with Crippen molar-refractivity contribution in [2.24, 2.45) is 0 Å². The molecule has 0 heterocycles. The molecule has 3 nitrogen and oxygen atoms in total. The van der Waals surface area contributed by atoms with E-state index in [9.17, 15) is 9.18 Å². The van der Waals surface area contributed by atoms with E-state index in [0.717, 1.165) is 5.56 Å². The van der Waals surface area contributed by atoms with Crippen LogP contribution in [0, 0.1) is 6.92 Å². The van der Waals surface area contributed by atoms with E-state index < -0.39 is 6.86 Å². The second kappa shape index (κ2) is 5.11. The van der Waals surface area contributed by atoms with Crippen molar-refractivity contribution in [3.8, 4) is 5.75 Å². The molecule has 1 aromatic carbocycles. The van der Waals surface area contributed by atoms with Gasteiger partial charge in [-0.25, -0.2) is 4.39 Å². The van der Waals surface area contributed by atoms with Gasteiger partial charge >= 0.3 is 0 Å². The Morgan fingerprint density at radius 3 is 2.80 bits per heavy atom. The van der Waals surface area contributed by atoms with Crippen LogP contribution in [0.15, 0.2) is 16.6 Å². The highest BCUT2D eigenvalue weighted by Crippen LogP contribution is 2.32. The van der Waals surface area contributed by atoms with E-state index in [-0.39, 0.29) is 5.91 Å². The van der Waals surface area contributed by atoms with E-state index in [0.29, 0.717) is 15.8 Å². The Hall–Kier alpha value is -1.10. The Morgan fingerprint density at radius 2 is 2.27 bits per heavy atom. The molecule has 0 aromatic heterocycles. The number of hydrogen-bond donors (Lipinski definition) is 1. The summed E-state index contributed by atoms with van der Waals surface area (Å²) >= 11 is 3.22. The molecule has 0 radical (unpaired) electrons. The molecule has 0 atom stereocenters. The third kappa shape index (κ3) is 2.47. The molecular formula is C10H11BrFNO2. The quantitative estimate of drug-likeness (QED) is 0.920.